The van der Waals surface area contributed by atoms with Crippen LogP contribution in [-0.2, 0) is 5.54 Å². The summed E-state index contributed by atoms with van der Waals surface area (Å²) < 4.78 is 5.16. The maximum atomic E-state index is 5.96. The Morgan fingerprint density at radius 2 is 2.25 bits per heavy atom. The predicted molar refractivity (Wildman–Crippen MR) is 45.7 cm³/mol. The van der Waals surface area contributed by atoms with Crippen molar-refractivity contribution < 1.29 is 4.52 Å². The number of hydrogen-bond acceptors (Lipinski definition) is 3. The Morgan fingerprint density at radius 3 is 2.67 bits per heavy atom. The molecule has 1 aliphatic rings. The number of aromatic nitrogens is 1. The lowest BCUT2D eigenvalue weighted by Gasteiger charge is -1.99. The van der Waals surface area contributed by atoms with Gasteiger partial charge in [-0.3, -0.25) is 0 Å². The summed E-state index contributed by atoms with van der Waals surface area (Å²) in [5.74, 6) is 1.33. The van der Waals surface area contributed by atoms with E-state index in [1.165, 1.54) is 0 Å². The molecule has 0 aliphatic heterocycles. The zero-order valence-corrected chi connectivity index (χ0v) is 7.50. The molecule has 0 unspecified atom stereocenters. The first-order valence-electron chi connectivity index (χ1n) is 4.38. The average molecular weight is 166 g/mol. The molecule has 1 saturated carbocycles. The van der Waals surface area contributed by atoms with Crippen LogP contribution < -0.4 is 5.73 Å². The lowest BCUT2D eigenvalue weighted by molar-refractivity contribution is 0.360. The molecule has 2 rings (SSSR count). The molecule has 0 amide bonds. The predicted octanol–water partition coefficient (Wildman–Crippen LogP) is 1.75. The van der Waals surface area contributed by atoms with Crippen molar-refractivity contribution in [2.24, 2.45) is 5.73 Å². The van der Waals surface area contributed by atoms with Gasteiger partial charge in [0.1, 0.15) is 11.5 Å². The summed E-state index contributed by atoms with van der Waals surface area (Å²) in [4.78, 5) is 0. The van der Waals surface area contributed by atoms with Crippen LogP contribution in [-0.4, -0.2) is 5.16 Å². The van der Waals surface area contributed by atoms with E-state index < -0.39 is 0 Å². The second-order valence-electron chi connectivity index (χ2n) is 3.93. The Labute approximate surface area is 71.9 Å². The van der Waals surface area contributed by atoms with Crippen molar-refractivity contribution in [2.75, 3.05) is 0 Å². The molecule has 12 heavy (non-hydrogen) atoms. The molecular formula is C9H14N2O. The van der Waals surface area contributed by atoms with E-state index in [9.17, 15) is 0 Å². The standard InChI is InChI=1S/C9H14N2O/c1-6(2)7-5-8(11-12-7)9(10)3-4-9/h5-6H,3-4,10H2,1-2H3. The Kier molecular flexibility index (Phi) is 1.51. The molecule has 0 atom stereocenters. The Balaban J connectivity index is 2.25. The van der Waals surface area contributed by atoms with Crippen LogP contribution >= 0.6 is 0 Å². The lowest BCUT2D eigenvalue weighted by Crippen LogP contribution is -2.18. The van der Waals surface area contributed by atoms with Crippen LogP contribution in [0.3, 0.4) is 0 Å². The van der Waals surface area contributed by atoms with Crippen molar-refractivity contribution in [1.29, 1.82) is 0 Å². The molecule has 1 fully saturated rings. The van der Waals surface area contributed by atoms with E-state index in [0.29, 0.717) is 5.92 Å². The molecule has 66 valence electrons. The van der Waals surface area contributed by atoms with E-state index in [4.69, 9.17) is 10.3 Å². The molecule has 0 aromatic carbocycles. The van der Waals surface area contributed by atoms with Crippen LogP contribution in [0.25, 0.3) is 0 Å². The third kappa shape index (κ3) is 1.14. The Morgan fingerprint density at radius 1 is 1.58 bits per heavy atom. The normalized spacial score (nSPS) is 20.0. The average Bonchev–Trinajstić information content (AvgIpc) is 2.61. The summed E-state index contributed by atoms with van der Waals surface area (Å²) in [6.45, 7) is 4.17. The Hall–Kier alpha value is -0.830. The molecule has 0 bridgehead atoms. The second kappa shape index (κ2) is 2.33. The van der Waals surface area contributed by atoms with E-state index >= 15 is 0 Å². The fourth-order valence-corrected chi connectivity index (χ4v) is 1.19. The molecule has 1 heterocycles. The molecule has 3 nitrogen and oxygen atoms in total. The zero-order chi connectivity index (χ0) is 8.77. The van der Waals surface area contributed by atoms with Crippen molar-refractivity contribution in [3.63, 3.8) is 0 Å². The quantitative estimate of drug-likeness (QED) is 0.728. The van der Waals surface area contributed by atoms with Gasteiger partial charge in [0.15, 0.2) is 0 Å². The maximum Gasteiger partial charge on any atom is 0.139 e. The third-order valence-corrected chi connectivity index (χ3v) is 2.40. The summed E-state index contributed by atoms with van der Waals surface area (Å²) in [7, 11) is 0. The van der Waals surface area contributed by atoms with Crippen molar-refractivity contribution in [3.05, 3.63) is 17.5 Å². The summed E-state index contributed by atoms with van der Waals surface area (Å²) in [5, 5.41) is 3.97. The monoisotopic (exact) mass is 166 g/mol. The van der Waals surface area contributed by atoms with Gasteiger partial charge in [-0.25, -0.2) is 0 Å². The van der Waals surface area contributed by atoms with Crippen LogP contribution in [0.2, 0.25) is 0 Å². The SMILES string of the molecule is CC(C)c1cc(C2(N)CC2)no1. The second-order valence-corrected chi connectivity index (χ2v) is 3.93. The summed E-state index contributed by atoms with van der Waals surface area (Å²) in [6.07, 6.45) is 2.08. The van der Waals surface area contributed by atoms with Gasteiger partial charge in [-0.05, 0) is 12.8 Å². The highest BCUT2D eigenvalue weighted by atomic mass is 16.5. The van der Waals surface area contributed by atoms with E-state index in [1.54, 1.807) is 0 Å². The first kappa shape index (κ1) is 7.80. The summed E-state index contributed by atoms with van der Waals surface area (Å²) in [5.41, 5.74) is 6.73. The highest BCUT2D eigenvalue weighted by Gasteiger charge is 2.43. The molecule has 3 heteroatoms. The van der Waals surface area contributed by atoms with Gasteiger partial charge in [-0.15, -0.1) is 0 Å². The fraction of sp³-hybridized carbons (Fsp3) is 0.667. The molecule has 0 saturated heterocycles. The van der Waals surface area contributed by atoms with E-state index in [1.807, 2.05) is 6.07 Å². The van der Waals surface area contributed by atoms with Crippen LogP contribution in [0.4, 0.5) is 0 Å². The minimum Gasteiger partial charge on any atom is -0.361 e. The number of hydrogen-bond donors (Lipinski definition) is 1. The first-order chi connectivity index (χ1) is 5.62. The van der Waals surface area contributed by atoms with Crippen molar-refractivity contribution in [2.45, 2.75) is 38.1 Å². The largest absolute Gasteiger partial charge is 0.361 e. The van der Waals surface area contributed by atoms with E-state index in [2.05, 4.69) is 19.0 Å². The van der Waals surface area contributed by atoms with E-state index in [-0.39, 0.29) is 5.54 Å². The first-order valence-corrected chi connectivity index (χ1v) is 4.38. The number of nitrogens with zero attached hydrogens (tertiary/aromatic N) is 1. The van der Waals surface area contributed by atoms with Gasteiger partial charge < -0.3 is 10.3 Å². The molecule has 1 aromatic heterocycles. The van der Waals surface area contributed by atoms with Gasteiger partial charge in [0.05, 0.1) is 5.54 Å². The molecule has 0 spiro atoms. The molecule has 0 radical (unpaired) electrons. The number of nitrogens with two attached hydrogens (primary N) is 1. The van der Waals surface area contributed by atoms with Crippen LogP contribution in [0, 0.1) is 0 Å². The van der Waals surface area contributed by atoms with Gasteiger partial charge in [0.2, 0.25) is 0 Å². The van der Waals surface area contributed by atoms with Gasteiger partial charge in [0, 0.05) is 12.0 Å². The lowest BCUT2D eigenvalue weighted by atomic mass is 10.1. The topological polar surface area (TPSA) is 52.0 Å². The van der Waals surface area contributed by atoms with E-state index in [0.717, 1.165) is 24.3 Å². The molecule has 1 aliphatic carbocycles. The summed E-state index contributed by atoms with van der Waals surface area (Å²) in [6, 6.07) is 1.98. The third-order valence-electron chi connectivity index (χ3n) is 2.40. The smallest absolute Gasteiger partial charge is 0.139 e. The minimum atomic E-state index is -0.156. The van der Waals surface area contributed by atoms with Crippen LogP contribution in [0.15, 0.2) is 10.6 Å². The minimum absolute atomic E-state index is 0.156. The van der Waals surface area contributed by atoms with Crippen LogP contribution in [0.1, 0.15) is 44.1 Å². The summed E-state index contributed by atoms with van der Waals surface area (Å²) >= 11 is 0. The van der Waals surface area contributed by atoms with Gasteiger partial charge in [0.25, 0.3) is 0 Å². The zero-order valence-electron chi connectivity index (χ0n) is 7.50. The van der Waals surface area contributed by atoms with Gasteiger partial charge in [-0.2, -0.15) is 0 Å². The molecule has 2 N–H and O–H groups in total. The highest BCUT2D eigenvalue weighted by molar-refractivity contribution is 5.23. The fourth-order valence-electron chi connectivity index (χ4n) is 1.19. The van der Waals surface area contributed by atoms with Crippen molar-refractivity contribution >= 4 is 0 Å². The van der Waals surface area contributed by atoms with Gasteiger partial charge >= 0.3 is 0 Å². The van der Waals surface area contributed by atoms with Gasteiger partial charge in [-0.1, -0.05) is 19.0 Å². The number of rotatable bonds is 2. The van der Waals surface area contributed by atoms with Crippen molar-refractivity contribution in [3.8, 4) is 0 Å². The maximum absolute atomic E-state index is 5.96. The highest BCUT2D eigenvalue weighted by Crippen LogP contribution is 2.42. The van der Waals surface area contributed by atoms with Crippen LogP contribution in [0.5, 0.6) is 0 Å². The molecule has 1 aromatic rings. The molecular weight excluding hydrogens is 152 g/mol. The Bertz CT molecular complexity index is 286. The van der Waals surface area contributed by atoms with Crippen molar-refractivity contribution in [1.82, 2.24) is 5.16 Å².